The molecule has 3 N–H and O–H groups in total. The highest BCUT2D eigenvalue weighted by molar-refractivity contribution is 7.93. The summed E-state index contributed by atoms with van der Waals surface area (Å²) >= 11 is 4.73. The Kier molecular flexibility index (Phi) is 4.41. The van der Waals surface area contributed by atoms with Crippen LogP contribution in [-0.4, -0.2) is 44.1 Å². The van der Waals surface area contributed by atoms with Crippen molar-refractivity contribution in [1.29, 1.82) is 0 Å². The van der Waals surface area contributed by atoms with E-state index < -0.39 is 30.6 Å². The third-order valence-electron chi connectivity index (χ3n) is 2.95. The molecule has 6 nitrogen and oxygen atoms in total. The predicted molar refractivity (Wildman–Crippen MR) is 74.6 cm³/mol. The van der Waals surface area contributed by atoms with Crippen LogP contribution in [0.15, 0.2) is 0 Å². The number of sulfone groups is 1. The van der Waals surface area contributed by atoms with Crippen LogP contribution in [0.1, 0.15) is 26.7 Å². The lowest BCUT2D eigenvalue weighted by atomic mass is 10.0. The van der Waals surface area contributed by atoms with E-state index in [9.17, 15) is 16.8 Å². The summed E-state index contributed by atoms with van der Waals surface area (Å²) in [4.78, 5) is -0.102. The summed E-state index contributed by atoms with van der Waals surface area (Å²) in [6.07, 6.45) is 0.524. The zero-order valence-corrected chi connectivity index (χ0v) is 12.8. The molecule has 0 bridgehead atoms. The third kappa shape index (κ3) is 3.62. The number of nitrogens with two attached hydrogens (primary N) is 1. The number of hydrogen-bond donors (Lipinski definition) is 2. The van der Waals surface area contributed by atoms with Gasteiger partial charge in [0.25, 0.3) is 0 Å². The number of thiocarbonyl (C=S) groups is 1. The third-order valence-corrected chi connectivity index (χ3v) is 7.41. The molecule has 1 aliphatic heterocycles. The fourth-order valence-electron chi connectivity index (χ4n) is 2.08. The summed E-state index contributed by atoms with van der Waals surface area (Å²) in [6.45, 7) is 3.25. The van der Waals surface area contributed by atoms with Crippen molar-refractivity contribution in [2.24, 2.45) is 5.73 Å². The van der Waals surface area contributed by atoms with Crippen molar-refractivity contribution in [2.75, 3.05) is 11.5 Å². The van der Waals surface area contributed by atoms with Crippen LogP contribution in [0, 0.1) is 0 Å². The average molecular weight is 314 g/mol. The van der Waals surface area contributed by atoms with Crippen LogP contribution in [0.5, 0.6) is 0 Å². The number of rotatable bonds is 5. The summed E-state index contributed by atoms with van der Waals surface area (Å²) in [5.74, 6) is -0.192. The van der Waals surface area contributed by atoms with E-state index in [-0.39, 0.29) is 29.3 Å². The van der Waals surface area contributed by atoms with E-state index in [1.165, 1.54) is 0 Å². The van der Waals surface area contributed by atoms with Gasteiger partial charge in [-0.1, -0.05) is 19.1 Å². The minimum Gasteiger partial charge on any atom is -0.392 e. The smallest absolute Gasteiger partial charge is 0.221 e. The topological polar surface area (TPSA) is 106 Å². The van der Waals surface area contributed by atoms with E-state index >= 15 is 0 Å². The molecule has 9 heteroatoms. The molecule has 1 fully saturated rings. The highest BCUT2D eigenvalue weighted by atomic mass is 32.2. The zero-order valence-electron chi connectivity index (χ0n) is 10.3. The number of hydrogen-bond acceptors (Lipinski definition) is 5. The molecule has 18 heavy (non-hydrogen) atoms. The molecule has 0 radical (unpaired) electrons. The molecule has 0 spiro atoms. The van der Waals surface area contributed by atoms with Crippen LogP contribution in [0.25, 0.3) is 0 Å². The molecule has 1 aliphatic rings. The fraction of sp³-hybridized carbons (Fsp3) is 0.889. The highest BCUT2D eigenvalue weighted by Crippen LogP contribution is 2.24. The van der Waals surface area contributed by atoms with Gasteiger partial charge in [-0.2, -0.15) is 0 Å². The van der Waals surface area contributed by atoms with Crippen LogP contribution >= 0.6 is 12.2 Å². The van der Waals surface area contributed by atoms with Gasteiger partial charge in [-0.05, 0) is 19.8 Å². The van der Waals surface area contributed by atoms with Gasteiger partial charge in [-0.3, -0.25) is 0 Å². The fourth-order valence-corrected chi connectivity index (χ4v) is 6.56. The van der Waals surface area contributed by atoms with Crippen LogP contribution in [0.3, 0.4) is 0 Å². The molecule has 0 aliphatic carbocycles. The van der Waals surface area contributed by atoms with Crippen molar-refractivity contribution in [3.8, 4) is 0 Å². The van der Waals surface area contributed by atoms with Gasteiger partial charge in [0.2, 0.25) is 10.0 Å². The molecule has 0 aromatic rings. The summed E-state index contributed by atoms with van der Waals surface area (Å²) in [6, 6.07) is 0. The largest absolute Gasteiger partial charge is 0.392 e. The molecule has 1 rings (SSSR count). The molecular formula is C9H18N2O4S3. The molecule has 2 atom stereocenters. The monoisotopic (exact) mass is 314 g/mol. The lowest BCUT2D eigenvalue weighted by Gasteiger charge is -2.26. The molecule has 106 valence electrons. The quantitative estimate of drug-likeness (QED) is 0.666. The molecule has 0 amide bonds. The first kappa shape index (κ1) is 15.8. The molecule has 0 aromatic heterocycles. The maximum Gasteiger partial charge on any atom is 0.221 e. The van der Waals surface area contributed by atoms with E-state index in [1.54, 1.807) is 13.8 Å². The predicted octanol–water partition coefficient (Wildman–Crippen LogP) is -0.452. The van der Waals surface area contributed by atoms with Crippen molar-refractivity contribution >= 4 is 37.1 Å². The lowest BCUT2D eigenvalue weighted by molar-refractivity contribution is 0.459. The zero-order chi connectivity index (χ0) is 14.2. The van der Waals surface area contributed by atoms with E-state index in [0.29, 0.717) is 0 Å². The van der Waals surface area contributed by atoms with E-state index in [4.69, 9.17) is 18.0 Å². The summed E-state index contributed by atoms with van der Waals surface area (Å²) in [5.41, 5.74) is 4.44. The SMILES string of the molecule is CCC(C(N)=S)S(=O)(=O)NC1(C)CCS(=O)(=O)C1. The van der Waals surface area contributed by atoms with Crippen molar-refractivity contribution in [3.63, 3.8) is 0 Å². The van der Waals surface area contributed by atoms with Gasteiger partial charge in [-0.25, -0.2) is 21.6 Å². The van der Waals surface area contributed by atoms with Crippen LogP contribution < -0.4 is 10.5 Å². The Morgan fingerprint density at radius 1 is 1.56 bits per heavy atom. The maximum atomic E-state index is 12.1. The molecular weight excluding hydrogens is 296 g/mol. The van der Waals surface area contributed by atoms with Crippen molar-refractivity contribution in [2.45, 2.75) is 37.5 Å². The van der Waals surface area contributed by atoms with Gasteiger partial charge < -0.3 is 5.73 Å². The van der Waals surface area contributed by atoms with Gasteiger partial charge in [0, 0.05) is 5.54 Å². The van der Waals surface area contributed by atoms with E-state index in [2.05, 4.69) is 4.72 Å². The first-order valence-corrected chi connectivity index (χ1v) is 9.31. The summed E-state index contributed by atoms with van der Waals surface area (Å²) in [7, 11) is -6.91. The van der Waals surface area contributed by atoms with Gasteiger partial charge in [-0.15, -0.1) is 0 Å². The molecule has 0 aromatic carbocycles. The minimum absolute atomic E-state index is 0.00408. The molecule has 2 unspecified atom stereocenters. The number of sulfonamides is 1. The van der Waals surface area contributed by atoms with Crippen molar-refractivity contribution < 1.29 is 16.8 Å². The Labute approximate surface area is 113 Å². The molecule has 1 saturated heterocycles. The average Bonchev–Trinajstić information content (AvgIpc) is 2.38. The maximum absolute atomic E-state index is 12.1. The van der Waals surface area contributed by atoms with Crippen molar-refractivity contribution in [1.82, 2.24) is 4.72 Å². The first-order chi connectivity index (χ1) is 8.01. The lowest BCUT2D eigenvalue weighted by Crippen LogP contribution is -2.52. The summed E-state index contributed by atoms with van der Waals surface area (Å²) in [5, 5.41) is -0.965. The number of nitrogens with one attached hydrogen (secondary N) is 1. The van der Waals surface area contributed by atoms with Crippen LogP contribution in [0.4, 0.5) is 0 Å². The van der Waals surface area contributed by atoms with Crippen molar-refractivity contribution in [3.05, 3.63) is 0 Å². The Morgan fingerprint density at radius 3 is 2.44 bits per heavy atom. The Hall–Kier alpha value is -0.250. The first-order valence-electron chi connectivity index (χ1n) is 5.54. The van der Waals surface area contributed by atoms with Crippen LogP contribution in [0.2, 0.25) is 0 Å². The Bertz CT molecular complexity index is 540. The second kappa shape index (κ2) is 5.03. The standard InChI is InChI=1S/C9H18N2O4S3/c1-3-7(8(10)16)18(14,15)11-9(2)4-5-17(12,13)6-9/h7,11H,3-6H2,1-2H3,(H2,10,16). The molecule has 0 saturated carbocycles. The normalized spacial score (nSPS) is 29.0. The Morgan fingerprint density at radius 2 is 2.11 bits per heavy atom. The minimum atomic E-state index is -3.74. The Balaban J connectivity index is 2.94. The van der Waals surface area contributed by atoms with Gasteiger partial charge in [0.1, 0.15) is 5.25 Å². The second-order valence-corrected chi connectivity index (χ2v) is 9.37. The van der Waals surface area contributed by atoms with Gasteiger partial charge in [0.05, 0.1) is 16.5 Å². The summed E-state index contributed by atoms with van der Waals surface area (Å²) < 4.78 is 49.5. The van der Waals surface area contributed by atoms with E-state index in [0.717, 1.165) is 0 Å². The van der Waals surface area contributed by atoms with E-state index in [1.807, 2.05) is 0 Å². The highest BCUT2D eigenvalue weighted by Gasteiger charge is 2.43. The van der Waals surface area contributed by atoms with Gasteiger partial charge in [0.15, 0.2) is 9.84 Å². The molecule has 1 heterocycles. The van der Waals surface area contributed by atoms with Crippen LogP contribution in [-0.2, 0) is 19.9 Å². The van der Waals surface area contributed by atoms with Gasteiger partial charge >= 0.3 is 0 Å². The second-order valence-electron chi connectivity index (χ2n) is 4.85.